The van der Waals surface area contributed by atoms with E-state index in [1.807, 2.05) is 20.8 Å². The molecule has 16 heavy (non-hydrogen) atoms. The lowest BCUT2D eigenvalue weighted by atomic mass is 10.4. The predicted molar refractivity (Wildman–Crippen MR) is 63.3 cm³/mol. The molecule has 0 unspecified atom stereocenters. The molecule has 6 heteroatoms. The van der Waals surface area contributed by atoms with Gasteiger partial charge >= 0.3 is 0 Å². The molecule has 0 aliphatic heterocycles. The highest BCUT2D eigenvalue weighted by molar-refractivity contribution is 7.11. The van der Waals surface area contributed by atoms with Crippen molar-refractivity contribution in [2.45, 2.75) is 33.9 Å². The summed E-state index contributed by atoms with van der Waals surface area (Å²) in [6, 6.07) is 0. The van der Waals surface area contributed by atoms with E-state index in [1.54, 1.807) is 11.3 Å². The average Bonchev–Trinajstić information content (AvgIpc) is 2.74. The summed E-state index contributed by atoms with van der Waals surface area (Å²) in [6.07, 6.45) is 0. The van der Waals surface area contributed by atoms with Crippen molar-refractivity contribution in [3.8, 4) is 0 Å². The number of aryl methyl sites for hydroxylation is 3. The van der Waals surface area contributed by atoms with Crippen LogP contribution in [0.25, 0.3) is 0 Å². The second kappa shape index (κ2) is 4.71. The van der Waals surface area contributed by atoms with E-state index in [4.69, 9.17) is 0 Å². The summed E-state index contributed by atoms with van der Waals surface area (Å²) in [6.45, 7) is 7.47. The lowest BCUT2D eigenvalue weighted by Crippen LogP contribution is -2.13. The first-order valence-electron chi connectivity index (χ1n) is 5.16. The average molecular weight is 237 g/mol. The molecule has 2 rings (SSSR count). The minimum atomic E-state index is 0.681. The van der Waals surface area contributed by atoms with Crippen LogP contribution in [0.3, 0.4) is 0 Å². The van der Waals surface area contributed by atoms with Gasteiger partial charge in [-0.05, 0) is 20.8 Å². The third-order valence-corrected chi connectivity index (χ3v) is 3.28. The summed E-state index contributed by atoms with van der Waals surface area (Å²) < 4.78 is 0. The predicted octanol–water partition coefficient (Wildman–Crippen LogP) is 1.48. The Bertz CT molecular complexity index is 473. The van der Waals surface area contributed by atoms with Crippen molar-refractivity contribution in [3.63, 3.8) is 0 Å². The molecule has 0 aromatic carbocycles. The number of rotatable bonds is 4. The number of aromatic amines is 1. The van der Waals surface area contributed by atoms with Crippen LogP contribution in [0.5, 0.6) is 0 Å². The Labute approximate surface area is 98.3 Å². The van der Waals surface area contributed by atoms with Crippen LogP contribution in [0.1, 0.15) is 27.2 Å². The standard InChI is InChI=1S/C10H15N5S/c1-6-9(16-8(3)12-6)4-11-5-10-13-7(2)14-15-10/h11H,4-5H2,1-3H3,(H,13,14,15). The van der Waals surface area contributed by atoms with E-state index >= 15 is 0 Å². The van der Waals surface area contributed by atoms with Gasteiger partial charge in [0.2, 0.25) is 0 Å². The summed E-state index contributed by atoms with van der Waals surface area (Å²) in [4.78, 5) is 9.89. The maximum Gasteiger partial charge on any atom is 0.164 e. The minimum Gasteiger partial charge on any atom is -0.305 e. The second-order valence-corrected chi connectivity index (χ2v) is 4.97. The summed E-state index contributed by atoms with van der Waals surface area (Å²) in [5.41, 5.74) is 1.11. The SMILES string of the molecule is Cc1nc(CNCc2sc(C)nc2C)n[nH]1. The van der Waals surface area contributed by atoms with Crippen LogP contribution in [-0.2, 0) is 13.1 Å². The molecule has 0 saturated carbocycles. The first-order chi connectivity index (χ1) is 7.65. The Balaban J connectivity index is 1.86. The molecule has 0 spiro atoms. The zero-order chi connectivity index (χ0) is 11.5. The monoisotopic (exact) mass is 237 g/mol. The number of nitrogens with one attached hydrogen (secondary N) is 2. The van der Waals surface area contributed by atoms with Crippen LogP contribution in [-0.4, -0.2) is 20.2 Å². The highest BCUT2D eigenvalue weighted by Gasteiger charge is 2.05. The normalized spacial score (nSPS) is 10.9. The zero-order valence-electron chi connectivity index (χ0n) is 9.66. The fraction of sp³-hybridized carbons (Fsp3) is 0.500. The largest absolute Gasteiger partial charge is 0.305 e. The Morgan fingerprint density at radius 1 is 1.19 bits per heavy atom. The Morgan fingerprint density at radius 3 is 2.56 bits per heavy atom. The van der Waals surface area contributed by atoms with Gasteiger partial charge in [0.1, 0.15) is 5.82 Å². The Kier molecular flexibility index (Phi) is 3.31. The van der Waals surface area contributed by atoms with Gasteiger partial charge in [0.25, 0.3) is 0 Å². The van der Waals surface area contributed by atoms with Gasteiger partial charge in [-0.15, -0.1) is 11.3 Å². The van der Waals surface area contributed by atoms with Crippen LogP contribution in [0, 0.1) is 20.8 Å². The van der Waals surface area contributed by atoms with Crippen LogP contribution in [0.2, 0.25) is 0 Å². The fourth-order valence-electron chi connectivity index (χ4n) is 1.49. The highest BCUT2D eigenvalue weighted by Crippen LogP contribution is 2.16. The molecule has 0 amide bonds. The van der Waals surface area contributed by atoms with Gasteiger partial charge in [-0.2, -0.15) is 5.10 Å². The lowest BCUT2D eigenvalue weighted by molar-refractivity contribution is 0.668. The van der Waals surface area contributed by atoms with Crippen molar-refractivity contribution in [1.29, 1.82) is 0 Å². The summed E-state index contributed by atoms with van der Waals surface area (Å²) in [7, 11) is 0. The number of aromatic nitrogens is 4. The maximum absolute atomic E-state index is 4.38. The summed E-state index contributed by atoms with van der Waals surface area (Å²) in [5.74, 6) is 1.65. The fourth-order valence-corrected chi connectivity index (χ4v) is 2.40. The molecular formula is C10H15N5S. The molecule has 5 nitrogen and oxygen atoms in total. The van der Waals surface area contributed by atoms with Crippen molar-refractivity contribution in [3.05, 3.63) is 27.2 Å². The zero-order valence-corrected chi connectivity index (χ0v) is 10.5. The van der Waals surface area contributed by atoms with Crippen molar-refractivity contribution >= 4 is 11.3 Å². The van der Waals surface area contributed by atoms with E-state index < -0.39 is 0 Å². The van der Waals surface area contributed by atoms with Gasteiger partial charge in [-0.3, -0.25) is 5.10 Å². The summed E-state index contributed by atoms with van der Waals surface area (Å²) >= 11 is 1.73. The highest BCUT2D eigenvalue weighted by atomic mass is 32.1. The van der Waals surface area contributed by atoms with E-state index in [0.717, 1.165) is 28.9 Å². The quantitative estimate of drug-likeness (QED) is 0.845. The van der Waals surface area contributed by atoms with Gasteiger partial charge in [-0.1, -0.05) is 0 Å². The van der Waals surface area contributed by atoms with Gasteiger partial charge in [0.15, 0.2) is 5.82 Å². The van der Waals surface area contributed by atoms with Crippen molar-refractivity contribution < 1.29 is 0 Å². The summed E-state index contributed by atoms with van der Waals surface area (Å²) in [5, 5.41) is 11.3. The first kappa shape index (κ1) is 11.2. The van der Waals surface area contributed by atoms with Crippen LogP contribution in [0.15, 0.2) is 0 Å². The number of hydrogen-bond acceptors (Lipinski definition) is 5. The molecule has 0 aliphatic carbocycles. The molecule has 0 atom stereocenters. The first-order valence-corrected chi connectivity index (χ1v) is 5.98. The van der Waals surface area contributed by atoms with Gasteiger partial charge in [-0.25, -0.2) is 9.97 Å². The molecule has 0 saturated heterocycles. The topological polar surface area (TPSA) is 66.5 Å². The van der Waals surface area contributed by atoms with Crippen molar-refractivity contribution in [1.82, 2.24) is 25.5 Å². The van der Waals surface area contributed by atoms with Crippen molar-refractivity contribution in [2.24, 2.45) is 0 Å². The van der Waals surface area contributed by atoms with E-state index in [1.165, 1.54) is 4.88 Å². The van der Waals surface area contributed by atoms with Crippen LogP contribution < -0.4 is 5.32 Å². The molecule has 86 valence electrons. The van der Waals surface area contributed by atoms with E-state index in [0.29, 0.717) is 6.54 Å². The smallest absolute Gasteiger partial charge is 0.164 e. The molecule has 2 aromatic rings. The van der Waals surface area contributed by atoms with Gasteiger partial charge < -0.3 is 5.32 Å². The Morgan fingerprint density at radius 2 is 2.00 bits per heavy atom. The minimum absolute atomic E-state index is 0.681. The van der Waals surface area contributed by atoms with Crippen LogP contribution in [0.4, 0.5) is 0 Å². The van der Waals surface area contributed by atoms with E-state index in [9.17, 15) is 0 Å². The number of H-pyrrole nitrogens is 1. The molecule has 0 bridgehead atoms. The number of hydrogen-bond donors (Lipinski definition) is 2. The molecule has 2 N–H and O–H groups in total. The molecule has 0 radical (unpaired) electrons. The van der Waals surface area contributed by atoms with Gasteiger partial charge in [0.05, 0.1) is 17.2 Å². The van der Waals surface area contributed by atoms with Crippen molar-refractivity contribution in [2.75, 3.05) is 0 Å². The Hall–Kier alpha value is -1.27. The lowest BCUT2D eigenvalue weighted by Gasteiger charge is -1.99. The third kappa shape index (κ3) is 2.65. The van der Waals surface area contributed by atoms with E-state index in [-0.39, 0.29) is 0 Å². The second-order valence-electron chi connectivity index (χ2n) is 3.68. The molecule has 2 heterocycles. The molecular weight excluding hydrogens is 222 g/mol. The number of thiazole rings is 1. The molecule has 0 fully saturated rings. The van der Waals surface area contributed by atoms with Gasteiger partial charge in [0, 0.05) is 11.4 Å². The molecule has 2 aromatic heterocycles. The third-order valence-electron chi connectivity index (χ3n) is 2.21. The molecule has 0 aliphatic rings. The maximum atomic E-state index is 4.38. The van der Waals surface area contributed by atoms with Crippen LogP contribution >= 0.6 is 11.3 Å². The van der Waals surface area contributed by atoms with E-state index in [2.05, 4.69) is 25.5 Å². The number of nitrogens with zero attached hydrogens (tertiary/aromatic N) is 3.